The molecule has 2 rings (SSSR count). The van der Waals surface area contributed by atoms with Crippen LogP contribution in [-0.2, 0) is 0 Å². The predicted octanol–water partition coefficient (Wildman–Crippen LogP) is 4.15. The Hall–Kier alpha value is -2.16. The normalized spacial score (nSPS) is 10.7. The van der Waals surface area contributed by atoms with Gasteiger partial charge >= 0.3 is 0 Å². The van der Waals surface area contributed by atoms with Crippen LogP contribution in [0.1, 0.15) is 35.3 Å². The van der Waals surface area contributed by atoms with E-state index in [2.05, 4.69) is 0 Å². The molecule has 2 aromatic carbocycles. The van der Waals surface area contributed by atoms with E-state index in [1.807, 2.05) is 13.8 Å². The Bertz CT molecular complexity index is 615. The molecule has 0 N–H and O–H groups in total. The van der Waals surface area contributed by atoms with E-state index in [1.165, 1.54) is 12.1 Å². The summed E-state index contributed by atoms with van der Waals surface area (Å²) in [6.45, 7) is 5.53. The molecular weight excluding hydrogens is 255 g/mol. The van der Waals surface area contributed by atoms with Crippen LogP contribution in [-0.4, -0.2) is 11.9 Å². The maximum atomic E-state index is 13.2. The molecule has 0 saturated carbocycles. The summed E-state index contributed by atoms with van der Waals surface area (Å²) in [6, 6.07) is 11.4. The monoisotopic (exact) mass is 272 g/mol. The van der Waals surface area contributed by atoms with Crippen LogP contribution >= 0.6 is 0 Å². The van der Waals surface area contributed by atoms with Crippen LogP contribution in [0.3, 0.4) is 0 Å². The molecule has 2 aromatic rings. The molecule has 0 atom stereocenters. The van der Waals surface area contributed by atoms with Crippen LogP contribution in [0.2, 0.25) is 0 Å². The molecule has 0 bridgehead atoms. The lowest BCUT2D eigenvalue weighted by molar-refractivity contribution is 0.103. The van der Waals surface area contributed by atoms with E-state index < -0.39 is 0 Å². The Balaban J connectivity index is 2.22. The van der Waals surface area contributed by atoms with Gasteiger partial charge in [-0.3, -0.25) is 4.79 Å². The lowest BCUT2D eigenvalue weighted by atomic mass is 10.0. The van der Waals surface area contributed by atoms with Gasteiger partial charge in [0.25, 0.3) is 0 Å². The molecule has 0 amide bonds. The van der Waals surface area contributed by atoms with E-state index in [1.54, 1.807) is 37.3 Å². The Labute approximate surface area is 118 Å². The van der Waals surface area contributed by atoms with Crippen LogP contribution in [0.15, 0.2) is 42.5 Å². The van der Waals surface area contributed by atoms with Crippen LogP contribution in [0.5, 0.6) is 5.75 Å². The smallest absolute Gasteiger partial charge is 0.193 e. The second-order valence-corrected chi connectivity index (χ2v) is 4.98. The first-order valence-corrected chi connectivity index (χ1v) is 6.55. The van der Waals surface area contributed by atoms with Crippen molar-refractivity contribution in [2.24, 2.45) is 0 Å². The van der Waals surface area contributed by atoms with Crippen LogP contribution in [0.4, 0.5) is 4.39 Å². The standard InChI is InChI=1S/C17H17FO2/c1-11(2)20-15-7-4-13(5-8-15)17(19)14-6-9-16(18)12(3)10-14/h4-11H,1-3H3. The Morgan fingerprint density at radius 2 is 1.65 bits per heavy atom. The average Bonchev–Trinajstić information content (AvgIpc) is 2.41. The Morgan fingerprint density at radius 1 is 1.05 bits per heavy atom. The van der Waals surface area contributed by atoms with E-state index in [4.69, 9.17) is 4.74 Å². The quantitative estimate of drug-likeness (QED) is 0.781. The molecule has 0 spiro atoms. The molecule has 0 radical (unpaired) electrons. The summed E-state index contributed by atoms with van der Waals surface area (Å²) < 4.78 is 18.7. The van der Waals surface area contributed by atoms with Gasteiger partial charge in [-0.25, -0.2) is 4.39 Å². The first kappa shape index (κ1) is 14.3. The van der Waals surface area contributed by atoms with Crippen molar-refractivity contribution >= 4 is 5.78 Å². The van der Waals surface area contributed by atoms with E-state index in [0.717, 1.165) is 5.75 Å². The largest absolute Gasteiger partial charge is 0.491 e. The molecular formula is C17H17FO2. The number of ketones is 1. The number of carbonyl (C=O) groups excluding carboxylic acids is 1. The van der Waals surface area contributed by atoms with Gasteiger partial charge in [0, 0.05) is 11.1 Å². The molecule has 0 fully saturated rings. The summed E-state index contributed by atoms with van der Waals surface area (Å²) in [5.41, 5.74) is 1.52. The predicted molar refractivity (Wildman–Crippen MR) is 76.8 cm³/mol. The molecule has 0 unspecified atom stereocenters. The van der Waals surface area contributed by atoms with Crippen molar-refractivity contribution in [1.29, 1.82) is 0 Å². The molecule has 20 heavy (non-hydrogen) atoms. The molecule has 0 aliphatic rings. The van der Waals surface area contributed by atoms with Crippen molar-refractivity contribution < 1.29 is 13.9 Å². The number of aryl methyl sites for hydroxylation is 1. The molecule has 0 heterocycles. The molecule has 0 aliphatic carbocycles. The van der Waals surface area contributed by atoms with Gasteiger partial charge in [0.05, 0.1) is 6.10 Å². The number of ether oxygens (including phenoxy) is 1. The van der Waals surface area contributed by atoms with E-state index in [0.29, 0.717) is 16.7 Å². The third kappa shape index (κ3) is 3.23. The van der Waals surface area contributed by atoms with Gasteiger partial charge in [0.1, 0.15) is 11.6 Å². The first-order chi connectivity index (χ1) is 9.47. The summed E-state index contributed by atoms with van der Waals surface area (Å²) in [6.07, 6.45) is 0.0938. The number of hydrogen-bond donors (Lipinski definition) is 0. The summed E-state index contributed by atoms with van der Waals surface area (Å²) >= 11 is 0. The second kappa shape index (κ2) is 5.87. The second-order valence-electron chi connectivity index (χ2n) is 4.98. The van der Waals surface area contributed by atoms with Crippen molar-refractivity contribution in [2.75, 3.05) is 0 Å². The zero-order valence-electron chi connectivity index (χ0n) is 11.8. The highest BCUT2D eigenvalue weighted by Crippen LogP contribution is 2.18. The highest BCUT2D eigenvalue weighted by Gasteiger charge is 2.11. The fraction of sp³-hybridized carbons (Fsp3) is 0.235. The third-order valence-electron chi connectivity index (χ3n) is 2.91. The molecule has 0 aliphatic heterocycles. The minimum atomic E-state index is -0.303. The minimum Gasteiger partial charge on any atom is -0.491 e. The number of carbonyl (C=O) groups is 1. The molecule has 2 nitrogen and oxygen atoms in total. The molecule has 3 heteroatoms. The third-order valence-corrected chi connectivity index (χ3v) is 2.91. The van der Waals surface area contributed by atoms with Crippen molar-refractivity contribution in [3.8, 4) is 5.75 Å². The highest BCUT2D eigenvalue weighted by molar-refractivity contribution is 6.09. The SMILES string of the molecule is Cc1cc(C(=O)c2ccc(OC(C)C)cc2)ccc1F. The zero-order valence-corrected chi connectivity index (χ0v) is 11.8. The average molecular weight is 272 g/mol. The topological polar surface area (TPSA) is 26.3 Å². The molecule has 0 aromatic heterocycles. The van der Waals surface area contributed by atoms with Gasteiger partial charge in [0.15, 0.2) is 5.78 Å². The van der Waals surface area contributed by atoms with Crippen LogP contribution in [0, 0.1) is 12.7 Å². The first-order valence-electron chi connectivity index (χ1n) is 6.55. The fourth-order valence-corrected chi connectivity index (χ4v) is 1.91. The van der Waals surface area contributed by atoms with Crippen LogP contribution < -0.4 is 4.74 Å². The number of benzene rings is 2. The Morgan fingerprint density at radius 3 is 2.20 bits per heavy atom. The molecule has 0 saturated heterocycles. The van der Waals surface area contributed by atoms with Crippen molar-refractivity contribution in [2.45, 2.75) is 26.9 Å². The van der Waals surface area contributed by atoms with Gasteiger partial charge in [-0.05, 0) is 68.8 Å². The van der Waals surface area contributed by atoms with Crippen LogP contribution in [0.25, 0.3) is 0 Å². The Kier molecular flexibility index (Phi) is 4.18. The van der Waals surface area contributed by atoms with Crippen molar-refractivity contribution in [3.05, 3.63) is 65.0 Å². The van der Waals surface area contributed by atoms with Gasteiger partial charge in [0.2, 0.25) is 0 Å². The van der Waals surface area contributed by atoms with Crippen molar-refractivity contribution in [3.63, 3.8) is 0 Å². The summed E-state index contributed by atoms with van der Waals surface area (Å²) in [5.74, 6) is 0.304. The summed E-state index contributed by atoms with van der Waals surface area (Å²) in [4.78, 5) is 12.3. The number of halogens is 1. The van der Waals surface area contributed by atoms with Gasteiger partial charge < -0.3 is 4.74 Å². The van der Waals surface area contributed by atoms with Gasteiger partial charge in [-0.2, -0.15) is 0 Å². The summed E-state index contributed by atoms with van der Waals surface area (Å²) in [7, 11) is 0. The lowest BCUT2D eigenvalue weighted by Crippen LogP contribution is -2.06. The van der Waals surface area contributed by atoms with Gasteiger partial charge in [-0.15, -0.1) is 0 Å². The molecule has 104 valence electrons. The number of rotatable bonds is 4. The number of hydrogen-bond acceptors (Lipinski definition) is 2. The van der Waals surface area contributed by atoms with Crippen molar-refractivity contribution in [1.82, 2.24) is 0 Å². The zero-order chi connectivity index (χ0) is 14.7. The lowest BCUT2D eigenvalue weighted by Gasteiger charge is -2.10. The van der Waals surface area contributed by atoms with E-state index >= 15 is 0 Å². The maximum Gasteiger partial charge on any atom is 0.193 e. The highest BCUT2D eigenvalue weighted by atomic mass is 19.1. The fourth-order valence-electron chi connectivity index (χ4n) is 1.91. The van der Waals surface area contributed by atoms with E-state index in [-0.39, 0.29) is 17.7 Å². The van der Waals surface area contributed by atoms with Gasteiger partial charge in [-0.1, -0.05) is 0 Å². The maximum absolute atomic E-state index is 13.2. The van der Waals surface area contributed by atoms with E-state index in [9.17, 15) is 9.18 Å². The minimum absolute atomic E-state index is 0.0938. The summed E-state index contributed by atoms with van der Waals surface area (Å²) in [5, 5.41) is 0.